The van der Waals surface area contributed by atoms with Crippen LogP contribution in [0.2, 0.25) is 0 Å². The fourth-order valence-electron chi connectivity index (χ4n) is 2.83. The summed E-state index contributed by atoms with van der Waals surface area (Å²) in [4.78, 5) is 11.8. The highest BCUT2D eigenvalue weighted by atomic mass is 16.5. The zero-order chi connectivity index (χ0) is 21.1. The third kappa shape index (κ3) is 5.44. The van der Waals surface area contributed by atoms with Crippen LogP contribution in [0.1, 0.15) is 66.5 Å². The van der Waals surface area contributed by atoms with E-state index in [1.807, 2.05) is 25.1 Å². The smallest absolute Gasteiger partial charge is 0.308 e. The monoisotopic (exact) mass is 385 g/mol. The summed E-state index contributed by atoms with van der Waals surface area (Å²) in [7, 11) is 0. The molecular weight excluding hydrogens is 354 g/mol. The zero-order valence-corrected chi connectivity index (χ0v) is 18.1. The molecule has 0 aliphatic heterocycles. The number of carbonyl (C=O) groups excluding carboxylic acids is 1. The molecule has 1 N–H and O–H groups in total. The van der Waals surface area contributed by atoms with Crippen molar-refractivity contribution in [3.63, 3.8) is 0 Å². The average Bonchev–Trinajstić information content (AvgIpc) is 2.55. The number of esters is 1. The van der Waals surface area contributed by atoms with Crippen LogP contribution in [0.3, 0.4) is 0 Å². The van der Waals surface area contributed by atoms with Crippen molar-refractivity contribution >= 4 is 17.5 Å². The third-order valence-electron chi connectivity index (χ3n) is 4.16. The zero-order valence-electron chi connectivity index (χ0n) is 18.1. The van der Waals surface area contributed by atoms with Gasteiger partial charge in [0.25, 0.3) is 0 Å². The predicted molar refractivity (Wildman–Crippen MR) is 112 cm³/mol. The number of aromatic nitrogens is 2. The molecule has 2 rings (SSSR count). The minimum Gasteiger partial charge on any atom is -0.477 e. The van der Waals surface area contributed by atoms with E-state index in [1.165, 1.54) is 6.92 Å². The van der Waals surface area contributed by atoms with Gasteiger partial charge < -0.3 is 14.8 Å². The molecular formula is C22H31N3O3. The molecule has 0 aliphatic rings. The Morgan fingerprint density at radius 3 is 1.96 bits per heavy atom. The van der Waals surface area contributed by atoms with Crippen molar-refractivity contribution in [3.05, 3.63) is 35.4 Å². The molecule has 6 heteroatoms. The summed E-state index contributed by atoms with van der Waals surface area (Å²) < 4.78 is 11.0. The Morgan fingerprint density at radius 2 is 1.57 bits per heavy atom. The Kier molecular flexibility index (Phi) is 6.32. The molecule has 0 saturated heterocycles. The molecule has 1 aromatic heterocycles. The average molecular weight is 386 g/mol. The molecule has 0 radical (unpaired) electrons. The SMILES string of the molecule is CCOc1ccc(Nc2cc(C(C)(C)C)c(OC(C)=O)c(C(C)(C)C)c2)nn1. The fourth-order valence-corrected chi connectivity index (χ4v) is 2.83. The lowest BCUT2D eigenvalue weighted by molar-refractivity contribution is -0.132. The highest BCUT2D eigenvalue weighted by molar-refractivity contribution is 5.73. The van der Waals surface area contributed by atoms with Crippen molar-refractivity contribution in [2.75, 3.05) is 11.9 Å². The van der Waals surface area contributed by atoms with Crippen molar-refractivity contribution in [2.24, 2.45) is 0 Å². The van der Waals surface area contributed by atoms with E-state index in [-0.39, 0.29) is 16.8 Å². The van der Waals surface area contributed by atoms with E-state index in [0.29, 0.717) is 24.1 Å². The van der Waals surface area contributed by atoms with Crippen molar-refractivity contribution in [3.8, 4) is 11.6 Å². The van der Waals surface area contributed by atoms with Crippen LogP contribution in [-0.4, -0.2) is 22.8 Å². The number of ether oxygens (including phenoxy) is 2. The van der Waals surface area contributed by atoms with E-state index in [1.54, 1.807) is 6.07 Å². The first-order chi connectivity index (χ1) is 12.9. The second kappa shape index (κ2) is 8.17. The van der Waals surface area contributed by atoms with E-state index >= 15 is 0 Å². The maximum atomic E-state index is 11.8. The van der Waals surface area contributed by atoms with Crippen LogP contribution in [0.25, 0.3) is 0 Å². The molecule has 1 aromatic carbocycles. The summed E-state index contributed by atoms with van der Waals surface area (Å²) >= 11 is 0. The van der Waals surface area contributed by atoms with Gasteiger partial charge in [-0.1, -0.05) is 41.5 Å². The van der Waals surface area contributed by atoms with Crippen LogP contribution < -0.4 is 14.8 Å². The maximum Gasteiger partial charge on any atom is 0.308 e. The Hall–Kier alpha value is -2.63. The molecule has 0 saturated carbocycles. The largest absolute Gasteiger partial charge is 0.477 e. The quantitative estimate of drug-likeness (QED) is 0.567. The highest BCUT2D eigenvalue weighted by Crippen LogP contribution is 2.42. The van der Waals surface area contributed by atoms with Gasteiger partial charge in [0.2, 0.25) is 5.88 Å². The molecule has 0 aliphatic carbocycles. The molecule has 1 heterocycles. The lowest BCUT2D eigenvalue weighted by Crippen LogP contribution is -2.21. The number of nitrogens with zero attached hydrogens (tertiary/aromatic N) is 2. The first-order valence-electron chi connectivity index (χ1n) is 9.52. The normalized spacial score (nSPS) is 11.9. The number of hydrogen-bond acceptors (Lipinski definition) is 6. The molecule has 0 bridgehead atoms. The topological polar surface area (TPSA) is 73.3 Å². The summed E-state index contributed by atoms with van der Waals surface area (Å²) in [5.41, 5.74) is 2.34. The Labute approximate surface area is 167 Å². The van der Waals surface area contributed by atoms with Crippen molar-refractivity contribution < 1.29 is 14.3 Å². The second-order valence-corrected chi connectivity index (χ2v) is 8.81. The van der Waals surface area contributed by atoms with Gasteiger partial charge in [-0.25, -0.2) is 0 Å². The molecule has 28 heavy (non-hydrogen) atoms. The van der Waals surface area contributed by atoms with Gasteiger partial charge in [-0.3, -0.25) is 4.79 Å². The number of carbonyl (C=O) groups is 1. The number of benzene rings is 1. The van der Waals surface area contributed by atoms with Crippen LogP contribution in [-0.2, 0) is 15.6 Å². The first-order valence-corrected chi connectivity index (χ1v) is 9.52. The summed E-state index contributed by atoms with van der Waals surface area (Å²) in [6, 6.07) is 7.62. The van der Waals surface area contributed by atoms with Gasteiger partial charge in [-0.05, 0) is 36.0 Å². The molecule has 152 valence electrons. The van der Waals surface area contributed by atoms with Crippen molar-refractivity contribution in [1.29, 1.82) is 0 Å². The summed E-state index contributed by atoms with van der Waals surface area (Å²) in [6.07, 6.45) is 0. The molecule has 0 spiro atoms. The van der Waals surface area contributed by atoms with E-state index < -0.39 is 0 Å². The van der Waals surface area contributed by atoms with Gasteiger partial charge in [-0.15, -0.1) is 10.2 Å². The van der Waals surface area contributed by atoms with Crippen LogP contribution in [0.4, 0.5) is 11.5 Å². The number of anilines is 2. The predicted octanol–water partition coefficient (Wildman–Crippen LogP) is 5.14. The van der Waals surface area contributed by atoms with E-state index in [4.69, 9.17) is 9.47 Å². The minimum atomic E-state index is -0.325. The van der Waals surface area contributed by atoms with E-state index in [2.05, 4.69) is 57.1 Å². The molecule has 6 nitrogen and oxygen atoms in total. The van der Waals surface area contributed by atoms with Gasteiger partial charge in [-0.2, -0.15) is 0 Å². The number of hydrogen-bond donors (Lipinski definition) is 1. The molecule has 0 fully saturated rings. The van der Waals surface area contributed by atoms with Gasteiger partial charge in [0.05, 0.1) is 6.61 Å². The molecule has 0 amide bonds. The third-order valence-corrected chi connectivity index (χ3v) is 4.16. The van der Waals surface area contributed by atoms with Crippen LogP contribution in [0, 0.1) is 0 Å². The van der Waals surface area contributed by atoms with Crippen LogP contribution in [0.15, 0.2) is 24.3 Å². The fraction of sp³-hybridized carbons (Fsp3) is 0.500. The van der Waals surface area contributed by atoms with Crippen LogP contribution in [0.5, 0.6) is 11.6 Å². The second-order valence-electron chi connectivity index (χ2n) is 8.81. The minimum absolute atomic E-state index is 0.215. The number of rotatable bonds is 5. The number of nitrogens with one attached hydrogen (secondary N) is 1. The molecule has 0 atom stereocenters. The Balaban J connectivity index is 2.54. The van der Waals surface area contributed by atoms with E-state index in [9.17, 15) is 4.79 Å². The molecule has 2 aromatic rings. The first kappa shape index (κ1) is 21.7. The van der Waals surface area contributed by atoms with Gasteiger partial charge in [0, 0.05) is 29.8 Å². The van der Waals surface area contributed by atoms with Crippen molar-refractivity contribution in [1.82, 2.24) is 10.2 Å². The Morgan fingerprint density at radius 1 is 1.00 bits per heavy atom. The standard InChI is InChI=1S/C22H31N3O3/c1-9-27-19-11-10-18(24-25-19)23-15-12-16(21(3,4)5)20(28-14(2)26)17(13-15)22(6,7)8/h10-13H,9H2,1-8H3,(H,23,24). The Bertz CT molecular complexity index is 797. The lowest BCUT2D eigenvalue weighted by Gasteiger charge is -2.30. The van der Waals surface area contributed by atoms with Crippen LogP contribution >= 0.6 is 0 Å². The maximum absolute atomic E-state index is 11.8. The summed E-state index contributed by atoms with van der Waals surface area (Å²) in [5, 5.41) is 11.5. The van der Waals surface area contributed by atoms with Crippen molar-refractivity contribution in [2.45, 2.75) is 66.2 Å². The van der Waals surface area contributed by atoms with Gasteiger partial charge >= 0.3 is 5.97 Å². The lowest BCUT2D eigenvalue weighted by atomic mass is 9.79. The summed E-state index contributed by atoms with van der Waals surface area (Å²) in [6.45, 7) is 16.5. The highest BCUT2D eigenvalue weighted by Gasteiger charge is 2.29. The van der Waals surface area contributed by atoms with Gasteiger partial charge in [0.15, 0.2) is 5.82 Å². The van der Waals surface area contributed by atoms with E-state index in [0.717, 1.165) is 16.8 Å². The van der Waals surface area contributed by atoms with Gasteiger partial charge in [0.1, 0.15) is 5.75 Å². The summed E-state index contributed by atoms with van der Waals surface area (Å²) in [5.74, 6) is 1.41. The molecule has 0 unspecified atom stereocenters.